The zero-order valence-electron chi connectivity index (χ0n) is 11.8. The van der Waals surface area contributed by atoms with Crippen LogP contribution in [0.25, 0.3) is 0 Å². The third kappa shape index (κ3) is 1.84. The topological polar surface area (TPSA) is 30.7 Å². The highest BCUT2D eigenvalue weighted by atomic mass is 19.1. The maximum absolute atomic E-state index is 14.4. The van der Waals surface area contributed by atoms with Gasteiger partial charge in [0.2, 0.25) is 0 Å². The van der Waals surface area contributed by atoms with Crippen molar-refractivity contribution < 1.29 is 10.2 Å². The first-order chi connectivity index (χ1) is 10.1. The molecule has 0 spiro atoms. The Bertz CT molecular complexity index is 667. The van der Waals surface area contributed by atoms with Crippen LogP contribution >= 0.6 is 0 Å². The van der Waals surface area contributed by atoms with Crippen LogP contribution in [0.3, 0.4) is 0 Å². The summed E-state index contributed by atoms with van der Waals surface area (Å²) in [7, 11) is 0. The lowest BCUT2D eigenvalue weighted by Crippen LogP contribution is -2.08. The number of aromatic nitrogens is 3. The molecular formula is C15H15F2N3. The summed E-state index contributed by atoms with van der Waals surface area (Å²) < 4.78 is 37.8. The van der Waals surface area contributed by atoms with Crippen LogP contribution in [-0.2, 0) is 0 Å². The van der Waals surface area contributed by atoms with Crippen LogP contribution in [0, 0.1) is 5.92 Å². The van der Waals surface area contributed by atoms with Gasteiger partial charge in [-0.3, -0.25) is 0 Å². The van der Waals surface area contributed by atoms with Gasteiger partial charge in [0.1, 0.15) is 0 Å². The first kappa shape index (κ1) is 10.9. The lowest BCUT2D eigenvalue weighted by molar-refractivity contribution is 0.283. The van der Waals surface area contributed by atoms with Crippen molar-refractivity contribution in [2.24, 2.45) is 5.92 Å². The van der Waals surface area contributed by atoms with Crippen molar-refractivity contribution in [3.8, 4) is 0 Å². The van der Waals surface area contributed by atoms with Crippen molar-refractivity contribution in [2.75, 3.05) is 0 Å². The molecule has 0 bridgehead atoms. The van der Waals surface area contributed by atoms with E-state index in [1.165, 1.54) is 4.68 Å². The summed E-state index contributed by atoms with van der Waals surface area (Å²) in [4.78, 5) is 3.99. The maximum Gasteiger partial charge on any atom is 0.185 e. The fraction of sp³-hybridized carbons (Fsp3) is 0.467. The largest absolute Gasteiger partial charge is 0.239 e. The van der Waals surface area contributed by atoms with Gasteiger partial charge in [-0.1, -0.05) is 30.3 Å². The summed E-state index contributed by atoms with van der Waals surface area (Å²) in [5.41, 5.74) is 0.927. The molecule has 1 aliphatic heterocycles. The molecule has 0 radical (unpaired) electrons. The van der Waals surface area contributed by atoms with Gasteiger partial charge in [0.05, 0.1) is 7.41 Å². The number of nitrogens with zero attached hydrogens (tertiary/aromatic N) is 3. The number of alkyl halides is 2. The second-order valence-corrected chi connectivity index (χ2v) is 5.49. The van der Waals surface area contributed by atoms with Gasteiger partial charge in [-0.2, -0.15) is 5.10 Å². The van der Waals surface area contributed by atoms with Gasteiger partial charge in [0, 0.05) is 6.42 Å². The van der Waals surface area contributed by atoms with E-state index in [0.29, 0.717) is 12.8 Å². The number of fused-ring (bicyclic) bond motifs is 1. The molecule has 3 atom stereocenters. The molecule has 1 aliphatic carbocycles. The monoisotopic (exact) mass is 276 g/mol. The molecule has 5 heteroatoms. The Hall–Kier alpha value is -1.78. The second kappa shape index (κ2) is 4.36. The fourth-order valence-electron chi connectivity index (χ4n) is 2.75. The van der Waals surface area contributed by atoms with Gasteiger partial charge >= 0.3 is 0 Å². The first-order valence-electron chi connectivity index (χ1n) is 7.42. The Morgan fingerprint density at radius 1 is 1.30 bits per heavy atom. The lowest BCUT2D eigenvalue weighted by Gasteiger charge is -2.11. The molecule has 2 heterocycles. The molecular weight excluding hydrogens is 260 g/mol. The summed E-state index contributed by atoms with van der Waals surface area (Å²) in [6.45, 7) is 0. The Balaban J connectivity index is 1.74. The highest BCUT2D eigenvalue weighted by Gasteiger charge is 2.40. The molecule has 0 amide bonds. The van der Waals surface area contributed by atoms with Crippen molar-refractivity contribution in [3.05, 3.63) is 47.5 Å². The van der Waals surface area contributed by atoms with Crippen molar-refractivity contribution in [1.29, 1.82) is 0 Å². The standard InChI is InChI=1S/C15H15F2N3/c16-11-8-12(9-4-2-1-3-5-9)20-15(11)18-14(19-20)13(17)10-6-7-10/h1-5,10-13H,6-8H2/t11-,12-,13?/m0/s1/i13D. The second-order valence-electron chi connectivity index (χ2n) is 5.49. The van der Waals surface area contributed by atoms with Crippen molar-refractivity contribution >= 4 is 0 Å². The summed E-state index contributed by atoms with van der Waals surface area (Å²) in [5.74, 6) is -0.397. The molecule has 0 N–H and O–H groups in total. The van der Waals surface area contributed by atoms with E-state index in [0.717, 1.165) is 5.56 Å². The molecule has 1 aromatic heterocycles. The van der Waals surface area contributed by atoms with Crippen molar-refractivity contribution in [3.63, 3.8) is 0 Å². The minimum atomic E-state index is -2.29. The minimum Gasteiger partial charge on any atom is -0.239 e. The molecule has 1 unspecified atom stereocenters. The van der Waals surface area contributed by atoms with E-state index in [2.05, 4.69) is 10.1 Å². The predicted molar refractivity (Wildman–Crippen MR) is 69.6 cm³/mol. The summed E-state index contributed by atoms with van der Waals surface area (Å²) in [6.07, 6.45) is -1.94. The number of hydrogen-bond acceptors (Lipinski definition) is 2. The quantitative estimate of drug-likeness (QED) is 0.855. The molecule has 1 fully saturated rings. The summed E-state index contributed by atoms with van der Waals surface area (Å²) in [6, 6.07) is 9.19. The summed E-state index contributed by atoms with van der Waals surface area (Å²) >= 11 is 0. The lowest BCUT2D eigenvalue weighted by atomic mass is 10.0. The van der Waals surface area contributed by atoms with Gasteiger partial charge < -0.3 is 0 Å². The Morgan fingerprint density at radius 2 is 2.05 bits per heavy atom. The number of halogens is 2. The van der Waals surface area contributed by atoms with E-state index in [1.54, 1.807) is 0 Å². The molecule has 4 rings (SSSR count). The molecule has 20 heavy (non-hydrogen) atoms. The van der Waals surface area contributed by atoms with Crippen LogP contribution in [0.5, 0.6) is 0 Å². The Morgan fingerprint density at radius 3 is 2.75 bits per heavy atom. The molecule has 1 saturated carbocycles. The normalized spacial score (nSPS) is 28.8. The minimum absolute atomic E-state index is 0.147. The fourth-order valence-corrected chi connectivity index (χ4v) is 2.75. The average molecular weight is 276 g/mol. The zero-order valence-corrected chi connectivity index (χ0v) is 10.8. The van der Waals surface area contributed by atoms with E-state index >= 15 is 0 Å². The van der Waals surface area contributed by atoms with Gasteiger partial charge in [-0.05, 0) is 24.3 Å². The van der Waals surface area contributed by atoms with Crippen molar-refractivity contribution in [1.82, 2.24) is 14.8 Å². The molecule has 3 nitrogen and oxygen atoms in total. The van der Waals surface area contributed by atoms with E-state index < -0.39 is 12.3 Å². The molecule has 2 aromatic rings. The summed E-state index contributed by atoms with van der Waals surface area (Å²) in [5, 5.41) is 4.13. The van der Waals surface area contributed by atoms with Crippen molar-refractivity contribution in [2.45, 2.75) is 37.6 Å². The van der Waals surface area contributed by atoms with Gasteiger partial charge in [-0.15, -0.1) is 0 Å². The third-order valence-electron chi connectivity index (χ3n) is 4.00. The van der Waals surface area contributed by atoms with Crippen LogP contribution < -0.4 is 0 Å². The van der Waals surface area contributed by atoms with E-state index in [-0.39, 0.29) is 30.0 Å². The maximum atomic E-state index is 14.4. The number of rotatable bonds is 3. The van der Waals surface area contributed by atoms with E-state index in [9.17, 15) is 8.78 Å². The molecule has 2 aliphatic rings. The molecule has 0 saturated heterocycles. The van der Waals surface area contributed by atoms with Crippen LogP contribution in [0.4, 0.5) is 8.78 Å². The highest BCUT2D eigenvalue weighted by Crippen LogP contribution is 2.45. The highest BCUT2D eigenvalue weighted by molar-refractivity contribution is 5.23. The van der Waals surface area contributed by atoms with Crippen LogP contribution in [0.15, 0.2) is 30.3 Å². The van der Waals surface area contributed by atoms with Crippen LogP contribution in [-0.4, -0.2) is 14.8 Å². The third-order valence-corrected chi connectivity index (χ3v) is 4.00. The van der Waals surface area contributed by atoms with Crippen LogP contribution in [0.1, 0.15) is 56.2 Å². The van der Waals surface area contributed by atoms with Gasteiger partial charge in [-0.25, -0.2) is 18.4 Å². The number of benzene rings is 1. The predicted octanol–water partition coefficient (Wildman–Crippen LogP) is 3.70. The Labute approximate surface area is 117 Å². The zero-order chi connectivity index (χ0) is 14.6. The number of hydrogen-bond donors (Lipinski definition) is 0. The molecule has 104 valence electrons. The molecule has 1 aromatic carbocycles. The smallest absolute Gasteiger partial charge is 0.185 e. The van der Waals surface area contributed by atoms with Gasteiger partial charge in [0.25, 0.3) is 0 Å². The van der Waals surface area contributed by atoms with Gasteiger partial charge in [0.15, 0.2) is 24.0 Å². The Kier molecular flexibility index (Phi) is 2.39. The average Bonchev–Trinajstić information content (AvgIpc) is 3.17. The van der Waals surface area contributed by atoms with E-state index in [4.69, 9.17) is 1.37 Å². The van der Waals surface area contributed by atoms with E-state index in [1.807, 2.05) is 30.3 Å². The SMILES string of the molecule is [2H]C(F)(c1nc2n(n1)[C@H](c1ccccc1)C[C@@H]2F)C1CC1. The first-order valence-corrected chi connectivity index (χ1v) is 6.92. The van der Waals surface area contributed by atoms with Crippen LogP contribution in [0.2, 0.25) is 0 Å².